The average molecular weight is 250 g/mol. The molecule has 2 aliphatic heterocycles. The van der Waals surface area contributed by atoms with Crippen LogP contribution < -0.4 is 0 Å². The Hall–Kier alpha value is -0.570. The van der Waals surface area contributed by atoms with Gasteiger partial charge in [-0.05, 0) is 50.6 Å². The summed E-state index contributed by atoms with van der Waals surface area (Å²) >= 11 is 0. The molecule has 102 valence electrons. The highest BCUT2D eigenvalue weighted by molar-refractivity contribution is 5.82. The van der Waals surface area contributed by atoms with Crippen LogP contribution in [0.2, 0.25) is 0 Å². The summed E-state index contributed by atoms with van der Waals surface area (Å²) in [5.74, 6) is 2.09. The van der Waals surface area contributed by atoms with Gasteiger partial charge in [-0.25, -0.2) is 0 Å². The van der Waals surface area contributed by atoms with Gasteiger partial charge in [0, 0.05) is 13.1 Å². The molecule has 3 nitrogen and oxygen atoms in total. The SMILES string of the molecule is CCN1CCCCC1C(=O)N1CC2CCCC2C1. The summed E-state index contributed by atoms with van der Waals surface area (Å²) in [6.07, 6.45) is 7.68. The van der Waals surface area contributed by atoms with Crippen LogP contribution in [0.3, 0.4) is 0 Å². The van der Waals surface area contributed by atoms with Crippen LogP contribution in [0.25, 0.3) is 0 Å². The number of rotatable bonds is 2. The van der Waals surface area contributed by atoms with E-state index in [-0.39, 0.29) is 6.04 Å². The molecule has 0 spiro atoms. The molecule has 1 aliphatic carbocycles. The summed E-state index contributed by atoms with van der Waals surface area (Å²) in [5.41, 5.74) is 0. The predicted molar refractivity (Wildman–Crippen MR) is 72.3 cm³/mol. The van der Waals surface area contributed by atoms with Gasteiger partial charge in [-0.1, -0.05) is 19.8 Å². The Morgan fingerprint density at radius 3 is 2.44 bits per heavy atom. The normalized spacial score (nSPS) is 36.9. The summed E-state index contributed by atoms with van der Waals surface area (Å²) < 4.78 is 0. The number of piperidine rings is 1. The molecule has 0 bridgehead atoms. The fourth-order valence-corrected chi connectivity index (χ4v) is 4.27. The molecule has 0 aromatic carbocycles. The Kier molecular flexibility index (Phi) is 3.60. The molecule has 3 heteroatoms. The van der Waals surface area contributed by atoms with Gasteiger partial charge in [0.15, 0.2) is 0 Å². The molecule has 18 heavy (non-hydrogen) atoms. The molecule has 0 aromatic heterocycles. The Balaban J connectivity index is 1.63. The van der Waals surface area contributed by atoms with E-state index in [0.717, 1.165) is 44.4 Å². The Labute approximate surface area is 111 Å². The van der Waals surface area contributed by atoms with E-state index >= 15 is 0 Å². The predicted octanol–water partition coefficient (Wildman–Crippen LogP) is 2.12. The minimum absolute atomic E-state index is 0.197. The summed E-state index contributed by atoms with van der Waals surface area (Å²) in [7, 11) is 0. The van der Waals surface area contributed by atoms with Gasteiger partial charge >= 0.3 is 0 Å². The number of hydrogen-bond acceptors (Lipinski definition) is 2. The number of hydrogen-bond donors (Lipinski definition) is 0. The first kappa shape index (κ1) is 12.5. The molecular weight excluding hydrogens is 224 g/mol. The van der Waals surface area contributed by atoms with Crippen LogP contribution >= 0.6 is 0 Å². The number of nitrogens with zero attached hydrogens (tertiary/aromatic N) is 2. The number of fused-ring (bicyclic) bond motifs is 1. The van der Waals surface area contributed by atoms with E-state index in [9.17, 15) is 4.79 Å². The van der Waals surface area contributed by atoms with Crippen molar-refractivity contribution in [2.45, 2.75) is 51.5 Å². The fraction of sp³-hybridized carbons (Fsp3) is 0.933. The maximum absolute atomic E-state index is 12.7. The van der Waals surface area contributed by atoms with Gasteiger partial charge in [-0.2, -0.15) is 0 Å². The Morgan fingerprint density at radius 1 is 1.06 bits per heavy atom. The monoisotopic (exact) mass is 250 g/mol. The second kappa shape index (κ2) is 5.20. The van der Waals surface area contributed by atoms with Gasteiger partial charge in [0.1, 0.15) is 0 Å². The molecule has 0 N–H and O–H groups in total. The molecule has 3 aliphatic rings. The molecule has 2 saturated heterocycles. The number of likely N-dealkylation sites (tertiary alicyclic amines) is 2. The summed E-state index contributed by atoms with van der Waals surface area (Å²) in [6, 6.07) is 0.197. The second-order valence-electron chi connectivity index (χ2n) is 6.33. The third kappa shape index (κ3) is 2.18. The lowest BCUT2D eigenvalue weighted by Crippen LogP contribution is -2.50. The molecule has 1 saturated carbocycles. The van der Waals surface area contributed by atoms with Crippen molar-refractivity contribution >= 4 is 5.91 Å². The largest absolute Gasteiger partial charge is 0.341 e. The molecule has 0 aromatic rings. The number of carbonyl (C=O) groups is 1. The maximum Gasteiger partial charge on any atom is 0.239 e. The molecule has 3 fully saturated rings. The smallest absolute Gasteiger partial charge is 0.239 e. The van der Waals surface area contributed by atoms with Gasteiger partial charge < -0.3 is 4.90 Å². The van der Waals surface area contributed by atoms with Crippen LogP contribution in [-0.2, 0) is 4.79 Å². The molecule has 0 radical (unpaired) electrons. The van der Waals surface area contributed by atoms with Crippen LogP contribution in [0.5, 0.6) is 0 Å². The molecule has 2 heterocycles. The van der Waals surface area contributed by atoms with Crippen LogP contribution in [0, 0.1) is 11.8 Å². The van der Waals surface area contributed by atoms with Gasteiger partial charge in [0.05, 0.1) is 6.04 Å². The van der Waals surface area contributed by atoms with Gasteiger partial charge in [0.2, 0.25) is 5.91 Å². The van der Waals surface area contributed by atoms with Crippen molar-refractivity contribution in [1.82, 2.24) is 9.80 Å². The maximum atomic E-state index is 12.7. The van der Waals surface area contributed by atoms with Crippen molar-refractivity contribution in [2.24, 2.45) is 11.8 Å². The third-order valence-electron chi connectivity index (χ3n) is 5.34. The zero-order chi connectivity index (χ0) is 12.5. The first-order valence-corrected chi connectivity index (χ1v) is 7.82. The number of amides is 1. The summed E-state index contributed by atoms with van der Waals surface area (Å²) in [4.78, 5) is 17.3. The van der Waals surface area contributed by atoms with Gasteiger partial charge in [-0.15, -0.1) is 0 Å². The fourth-order valence-electron chi connectivity index (χ4n) is 4.27. The lowest BCUT2D eigenvalue weighted by atomic mass is 10.0. The van der Waals surface area contributed by atoms with E-state index in [1.807, 2.05) is 0 Å². The molecule has 1 amide bonds. The first-order valence-electron chi connectivity index (χ1n) is 7.82. The van der Waals surface area contributed by atoms with Crippen molar-refractivity contribution in [3.8, 4) is 0 Å². The average Bonchev–Trinajstić information content (AvgIpc) is 2.98. The van der Waals surface area contributed by atoms with E-state index in [1.54, 1.807) is 0 Å². The molecular formula is C15H26N2O. The minimum Gasteiger partial charge on any atom is -0.341 e. The van der Waals surface area contributed by atoms with Crippen LogP contribution in [0.15, 0.2) is 0 Å². The standard InChI is InChI=1S/C15H26N2O/c1-2-16-9-4-3-8-14(16)15(18)17-10-12-6-5-7-13(12)11-17/h12-14H,2-11H2,1H3. The van der Waals surface area contributed by atoms with E-state index in [1.165, 1.54) is 32.1 Å². The van der Waals surface area contributed by atoms with Crippen molar-refractivity contribution < 1.29 is 4.79 Å². The highest BCUT2D eigenvalue weighted by Gasteiger charge is 2.40. The summed E-state index contributed by atoms with van der Waals surface area (Å²) in [5, 5.41) is 0. The highest BCUT2D eigenvalue weighted by Crippen LogP contribution is 2.38. The van der Waals surface area contributed by atoms with E-state index < -0.39 is 0 Å². The number of carbonyl (C=O) groups excluding carboxylic acids is 1. The van der Waals surface area contributed by atoms with Crippen molar-refractivity contribution in [3.05, 3.63) is 0 Å². The second-order valence-corrected chi connectivity index (χ2v) is 6.33. The first-order chi connectivity index (χ1) is 8.79. The van der Waals surface area contributed by atoms with Gasteiger partial charge in [0.25, 0.3) is 0 Å². The van der Waals surface area contributed by atoms with Crippen molar-refractivity contribution in [2.75, 3.05) is 26.2 Å². The van der Waals surface area contributed by atoms with Crippen LogP contribution in [0.1, 0.15) is 45.4 Å². The molecule has 3 rings (SSSR count). The highest BCUT2D eigenvalue weighted by atomic mass is 16.2. The summed E-state index contributed by atoms with van der Waals surface area (Å²) in [6.45, 7) is 6.43. The van der Waals surface area contributed by atoms with Crippen LogP contribution in [-0.4, -0.2) is 47.9 Å². The Morgan fingerprint density at radius 2 is 1.78 bits per heavy atom. The lowest BCUT2D eigenvalue weighted by Gasteiger charge is -2.36. The minimum atomic E-state index is 0.197. The quantitative estimate of drug-likeness (QED) is 0.749. The number of likely N-dealkylation sites (N-methyl/N-ethyl adjacent to an activating group) is 1. The van der Waals surface area contributed by atoms with Gasteiger partial charge in [-0.3, -0.25) is 9.69 Å². The van der Waals surface area contributed by atoms with E-state index in [4.69, 9.17) is 0 Å². The van der Waals surface area contributed by atoms with E-state index in [2.05, 4.69) is 16.7 Å². The lowest BCUT2D eigenvalue weighted by molar-refractivity contribution is -0.137. The molecule has 3 unspecified atom stereocenters. The topological polar surface area (TPSA) is 23.6 Å². The van der Waals surface area contributed by atoms with Crippen LogP contribution in [0.4, 0.5) is 0 Å². The molecule has 3 atom stereocenters. The van der Waals surface area contributed by atoms with E-state index in [0.29, 0.717) is 5.91 Å². The zero-order valence-corrected chi connectivity index (χ0v) is 11.6. The Bertz CT molecular complexity index is 306. The third-order valence-corrected chi connectivity index (χ3v) is 5.34. The van der Waals surface area contributed by atoms with Crippen molar-refractivity contribution in [1.29, 1.82) is 0 Å². The zero-order valence-electron chi connectivity index (χ0n) is 11.6. The van der Waals surface area contributed by atoms with Crippen molar-refractivity contribution in [3.63, 3.8) is 0 Å².